The highest BCUT2D eigenvalue weighted by atomic mass is 19.1. The predicted molar refractivity (Wildman–Crippen MR) is 120 cm³/mol. The lowest BCUT2D eigenvalue weighted by Crippen LogP contribution is -2.52. The van der Waals surface area contributed by atoms with Gasteiger partial charge >= 0.3 is 0 Å². The van der Waals surface area contributed by atoms with Gasteiger partial charge < -0.3 is 15.3 Å². The van der Waals surface area contributed by atoms with E-state index >= 15 is 0 Å². The lowest BCUT2D eigenvalue weighted by Gasteiger charge is -2.41. The molecule has 2 aromatic rings. The molecule has 0 spiro atoms. The van der Waals surface area contributed by atoms with Crippen molar-refractivity contribution in [3.05, 3.63) is 59.4 Å². The molecule has 0 aromatic heterocycles. The number of carbonyl (C=O) groups excluding carboxylic acids is 2. The van der Waals surface area contributed by atoms with Gasteiger partial charge in [-0.15, -0.1) is 0 Å². The number of nitrogens with zero attached hydrogens (tertiary/aromatic N) is 1. The van der Waals surface area contributed by atoms with Gasteiger partial charge in [0.15, 0.2) is 0 Å². The molecule has 2 aromatic carbocycles. The number of hydrogen-bond acceptors (Lipinski definition) is 3. The van der Waals surface area contributed by atoms with E-state index in [1.54, 1.807) is 29.2 Å². The summed E-state index contributed by atoms with van der Waals surface area (Å²) >= 11 is 0. The van der Waals surface area contributed by atoms with Crippen LogP contribution in [0.1, 0.15) is 74.7 Å². The summed E-state index contributed by atoms with van der Waals surface area (Å²) in [5.41, 5.74) is 1.06. The number of anilines is 1. The molecule has 0 saturated carbocycles. The summed E-state index contributed by atoms with van der Waals surface area (Å²) in [5.74, 6) is -1.02. The Hall–Kier alpha value is -2.89. The first kappa shape index (κ1) is 22.8. The second kappa shape index (κ2) is 9.50. The molecule has 166 valence electrons. The topological polar surface area (TPSA) is 69.6 Å². The Labute approximate surface area is 183 Å². The van der Waals surface area contributed by atoms with E-state index in [2.05, 4.69) is 12.2 Å². The average Bonchev–Trinajstić information content (AvgIpc) is 3.02. The Balaban J connectivity index is 2.06. The largest absolute Gasteiger partial charge is 0.508 e. The molecule has 31 heavy (non-hydrogen) atoms. The van der Waals surface area contributed by atoms with Crippen molar-refractivity contribution in [2.75, 3.05) is 11.4 Å². The van der Waals surface area contributed by atoms with Crippen molar-refractivity contribution >= 4 is 17.5 Å². The normalized spacial score (nSPS) is 16.8. The molecule has 2 N–H and O–H groups in total. The second-order valence-corrected chi connectivity index (χ2v) is 8.16. The number of phenols is 1. The molecule has 6 heteroatoms. The standard InChI is InChI=1S/C25H31FN2O3/c1-4-7-13-27-23(30)16-21-20-15-19(29)11-12-22(20)28(25(21,5-2)6-3)24(31)17-9-8-10-18(26)14-17/h8-12,14-15,21,29H,4-7,13,16H2,1-3H3,(H,27,30). The predicted octanol–water partition coefficient (Wildman–Crippen LogP) is 5.14. The van der Waals surface area contributed by atoms with Gasteiger partial charge in [-0.2, -0.15) is 0 Å². The highest BCUT2D eigenvalue weighted by molar-refractivity contribution is 6.09. The van der Waals surface area contributed by atoms with E-state index in [4.69, 9.17) is 0 Å². The third-order valence-corrected chi connectivity index (χ3v) is 6.46. The monoisotopic (exact) mass is 426 g/mol. The molecule has 0 saturated heterocycles. The molecule has 2 amide bonds. The molecule has 0 radical (unpaired) electrons. The summed E-state index contributed by atoms with van der Waals surface area (Å²) in [4.78, 5) is 28.1. The number of carbonyl (C=O) groups is 2. The zero-order chi connectivity index (χ0) is 22.6. The van der Waals surface area contributed by atoms with Crippen LogP contribution in [0.15, 0.2) is 42.5 Å². The van der Waals surface area contributed by atoms with Gasteiger partial charge in [0.2, 0.25) is 5.91 Å². The van der Waals surface area contributed by atoms with Crippen LogP contribution in [0.5, 0.6) is 5.75 Å². The third kappa shape index (κ3) is 4.29. The van der Waals surface area contributed by atoms with Crippen LogP contribution in [0.3, 0.4) is 0 Å². The Morgan fingerprint density at radius 2 is 1.87 bits per heavy atom. The van der Waals surface area contributed by atoms with Gasteiger partial charge in [-0.3, -0.25) is 9.59 Å². The molecule has 3 rings (SSSR count). The van der Waals surface area contributed by atoms with Crippen LogP contribution < -0.4 is 10.2 Å². The Morgan fingerprint density at radius 3 is 2.52 bits per heavy atom. The molecular weight excluding hydrogens is 395 g/mol. The first-order valence-electron chi connectivity index (χ1n) is 11.1. The summed E-state index contributed by atoms with van der Waals surface area (Å²) in [5, 5.41) is 13.1. The maximum absolute atomic E-state index is 13.9. The smallest absolute Gasteiger partial charge is 0.258 e. The molecule has 1 unspecified atom stereocenters. The Morgan fingerprint density at radius 1 is 1.13 bits per heavy atom. The zero-order valence-electron chi connectivity index (χ0n) is 18.5. The summed E-state index contributed by atoms with van der Waals surface area (Å²) in [7, 11) is 0. The first-order valence-corrected chi connectivity index (χ1v) is 11.1. The summed E-state index contributed by atoms with van der Waals surface area (Å²) in [6, 6.07) is 10.6. The van der Waals surface area contributed by atoms with Crippen molar-refractivity contribution in [1.29, 1.82) is 0 Å². The number of phenolic OH excluding ortho intramolecular Hbond substituents is 1. The number of halogens is 1. The van der Waals surface area contributed by atoms with Gasteiger partial charge in [-0.25, -0.2) is 4.39 Å². The Bertz CT molecular complexity index is 956. The minimum Gasteiger partial charge on any atom is -0.508 e. The lowest BCUT2D eigenvalue weighted by atomic mass is 9.76. The molecule has 1 atom stereocenters. The minimum absolute atomic E-state index is 0.0703. The van der Waals surface area contributed by atoms with E-state index in [1.165, 1.54) is 18.2 Å². The molecule has 1 heterocycles. The van der Waals surface area contributed by atoms with E-state index in [-0.39, 0.29) is 35.5 Å². The summed E-state index contributed by atoms with van der Waals surface area (Å²) in [6.45, 7) is 6.69. The van der Waals surface area contributed by atoms with Gasteiger partial charge in [-0.05, 0) is 61.2 Å². The number of unbranched alkanes of at least 4 members (excludes halogenated alkanes) is 1. The SMILES string of the molecule is CCCCNC(=O)CC1c2cc(O)ccc2N(C(=O)c2cccc(F)c2)C1(CC)CC. The quantitative estimate of drug-likeness (QED) is 0.574. The number of aromatic hydroxyl groups is 1. The lowest BCUT2D eigenvalue weighted by molar-refractivity contribution is -0.121. The van der Waals surface area contributed by atoms with E-state index in [0.29, 0.717) is 25.1 Å². The van der Waals surface area contributed by atoms with Crippen molar-refractivity contribution in [2.24, 2.45) is 0 Å². The van der Waals surface area contributed by atoms with Gasteiger partial charge in [0.05, 0.1) is 5.54 Å². The van der Waals surface area contributed by atoms with Crippen molar-refractivity contribution in [1.82, 2.24) is 5.32 Å². The van der Waals surface area contributed by atoms with Crippen LogP contribution in [-0.2, 0) is 4.79 Å². The fourth-order valence-corrected chi connectivity index (χ4v) is 4.79. The summed E-state index contributed by atoms with van der Waals surface area (Å²) in [6.07, 6.45) is 3.35. The van der Waals surface area contributed by atoms with Crippen molar-refractivity contribution in [3.8, 4) is 5.75 Å². The molecule has 0 fully saturated rings. The molecule has 0 bridgehead atoms. The minimum atomic E-state index is -0.651. The van der Waals surface area contributed by atoms with Crippen LogP contribution in [-0.4, -0.2) is 29.0 Å². The van der Waals surface area contributed by atoms with Crippen LogP contribution in [0.2, 0.25) is 0 Å². The van der Waals surface area contributed by atoms with E-state index < -0.39 is 11.4 Å². The van der Waals surface area contributed by atoms with E-state index in [9.17, 15) is 19.1 Å². The Kier molecular flexibility index (Phi) is 6.98. The van der Waals surface area contributed by atoms with Gasteiger partial charge in [-0.1, -0.05) is 33.3 Å². The van der Waals surface area contributed by atoms with Crippen LogP contribution in [0.25, 0.3) is 0 Å². The highest BCUT2D eigenvalue weighted by Gasteiger charge is 2.52. The fraction of sp³-hybridized carbons (Fsp3) is 0.440. The molecule has 1 aliphatic heterocycles. The number of hydrogen-bond donors (Lipinski definition) is 2. The number of rotatable bonds is 8. The van der Waals surface area contributed by atoms with E-state index in [1.807, 2.05) is 13.8 Å². The number of nitrogens with one attached hydrogen (secondary N) is 1. The van der Waals surface area contributed by atoms with Crippen molar-refractivity contribution in [3.63, 3.8) is 0 Å². The number of fused-ring (bicyclic) bond motifs is 1. The fourth-order valence-electron chi connectivity index (χ4n) is 4.79. The van der Waals surface area contributed by atoms with E-state index in [0.717, 1.165) is 18.4 Å². The van der Waals surface area contributed by atoms with Crippen molar-refractivity contribution < 1.29 is 19.1 Å². The highest BCUT2D eigenvalue weighted by Crippen LogP contribution is 2.54. The molecule has 0 aliphatic carbocycles. The molecule has 1 aliphatic rings. The zero-order valence-corrected chi connectivity index (χ0v) is 18.5. The summed E-state index contributed by atoms with van der Waals surface area (Å²) < 4.78 is 13.9. The molecular formula is C25H31FN2O3. The van der Waals surface area contributed by atoms with Gasteiger partial charge in [0.25, 0.3) is 5.91 Å². The first-order chi connectivity index (χ1) is 14.9. The maximum atomic E-state index is 13.9. The number of amides is 2. The van der Waals surface area contributed by atoms with Gasteiger partial charge in [0, 0.05) is 30.1 Å². The van der Waals surface area contributed by atoms with Gasteiger partial charge in [0.1, 0.15) is 11.6 Å². The average molecular weight is 427 g/mol. The van der Waals surface area contributed by atoms with Crippen LogP contribution in [0, 0.1) is 5.82 Å². The molecule has 5 nitrogen and oxygen atoms in total. The van der Waals surface area contributed by atoms with Crippen LogP contribution >= 0.6 is 0 Å². The third-order valence-electron chi connectivity index (χ3n) is 6.46. The second-order valence-electron chi connectivity index (χ2n) is 8.16. The number of benzene rings is 2. The van der Waals surface area contributed by atoms with Crippen LogP contribution in [0.4, 0.5) is 10.1 Å². The maximum Gasteiger partial charge on any atom is 0.258 e. The van der Waals surface area contributed by atoms with Crippen molar-refractivity contribution in [2.45, 2.75) is 64.3 Å².